The Morgan fingerprint density at radius 3 is 2.53 bits per heavy atom. The summed E-state index contributed by atoms with van der Waals surface area (Å²) < 4.78 is 25.6. The third-order valence-electron chi connectivity index (χ3n) is 2.52. The number of hydrogen-bond donors (Lipinski definition) is 0. The van der Waals surface area contributed by atoms with Gasteiger partial charge in [0.05, 0.1) is 4.90 Å². The molecule has 4 heteroatoms. The van der Waals surface area contributed by atoms with Crippen LogP contribution < -0.4 is 0 Å². The molecule has 1 aromatic rings. The summed E-state index contributed by atoms with van der Waals surface area (Å²) in [5.41, 5.74) is 1.00. The van der Waals surface area contributed by atoms with Crippen molar-refractivity contribution in [2.75, 3.05) is 6.54 Å². The van der Waals surface area contributed by atoms with E-state index in [9.17, 15) is 8.42 Å². The molecule has 1 rings (SSSR count). The minimum absolute atomic E-state index is 0.212. The second-order valence-corrected chi connectivity index (χ2v) is 5.83. The van der Waals surface area contributed by atoms with Crippen LogP contribution in [0.3, 0.4) is 0 Å². The predicted molar refractivity (Wildman–Crippen MR) is 77.9 cm³/mol. The predicted octanol–water partition coefficient (Wildman–Crippen LogP) is 2.71. The van der Waals surface area contributed by atoms with Crippen LogP contribution in [0.5, 0.6) is 0 Å². The topological polar surface area (TPSA) is 37.4 Å². The highest BCUT2D eigenvalue weighted by Gasteiger charge is 2.20. The SMILES string of the molecule is C#CN(CC/C=C\C=C)S(=O)(=O)c1ccc(C)cc1. The zero-order valence-corrected chi connectivity index (χ0v) is 11.7. The number of nitrogens with zero attached hydrogens (tertiary/aromatic N) is 1. The quantitative estimate of drug-likeness (QED) is 0.455. The minimum atomic E-state index is -3.62. The van der Waals surface area contributed by atoms with Gasteiger partial charge >= 0.3 is 0 Å². The van der Waals surface area contributed by atoms with Gasteiger partial charge in [0.25, 0.3) is 10.0 Å². The van der Waals surface area contributed by atoms with Crippen LogP contribution in [0, 0.1) is 19.4 Å². The van der Waals surface area contributed by atoms with Gasteiger partial charge < -0.3 is 0 Å². The molecule has 0 bridgehead atoms. The Labute approximate surface area is 115 Å². The number of rotatable bonds is 6. The lowest BCUT2D eigenvalue weighted by Gasteiger charge is -2.16. The van der Waals surface area contributed by atoms with Crippen LogP contribution in [0.15, 0.2) is 54.0 Å². The molecule has 1 aromatic carbocycles. The van der Waals surface area contributed by atoms with E-state index in [4.69, 9.17) is 6.42 Å². The highest BCUT2D eigenvalue weighted by atomic mass is 32.2. The molecule has 0 radical (unpaired) electrons. The molecular weight excluding hydrogens is 258 g/mol. The Bertz CT molecular complexity index is 592. The molecule has 0 aliphatic carbocycles. The van der Waals surface area contributed by atoms with E-state index < -0.39 is 10.0 Å². The van der Waals surface area contributed by atoms with Crippen molar-refractivity contribution in [3.8, 4) is 12.5 Å². The molecule has 19 heavy (non-hydrogen) atoms. The van der Waals surface area contributed by atoms with Gasteiger partial charge in [-0.1, -0.05) is 48.9 Å². The maximum atomic E-state index is 12.3. The fraction of sp³-hybridized carbons (Fsp3) is 0.200. The maximum Gasteiger partial charge on any atom is 0.270 e. The van der Waals surface area contributed by atoms with Gasteiger partial charge in [0.1, 0.15) is 0 Å². The van der Waals surface area contributed by atoms with Gasteiger partial charge in [-0.3, -0.25) is 0 Å². The van der Waals surface area contributed by atoms with Crippen LogP contribution in [0.4, 0.5) is 0 Å². The molecule has 0 aliphatic rings. The Morgan fingerprint density at radius 2 is 2.00 bits per heavy atom. The summed E-state index contributed by atoms with van der Waals surface area (Å²) in [7, 11) is -3.62. The molecule has 100 valence electrons. The van der Waals surface area contributed by atoms with Gasteiger partial charge in [-0.15, -0.1) is 0 Å². The zero-order valence-electron chi connectivity index (χ0n) is 10.9. The van der Waals surface area contributed by atoms with E-state index in [0.29, 0.717) is 6.42 Å². The van der Waals surface area contributed by atoms with Gasteiger partial charge in [0.15, 0.2) is 0 Å². The lowest BCUT2D eigenvalue weighted by Crippen LogP contribution is -2.27. The van der Waals surface area contributed by atoms with E-state index in [0.717, 1.165) is 9.87 Å². The van der Waals surface area contributed by atoms with Gasteiger partial charge in [-0.05, 0) is 25.5 Å². The number of hydrogen-bond acceptors (Lipinski definition) is 2. The van der Waals surface area contributed by atoms with Crippen molar-refractivity contribution in [1.82, 2.24) is 4.31 Å². The highest BCUT2D eigenvalue weighted by molar-refractivity contribution is 7.89. The van der Waals surface area contributed by atoms with Gasteiger partial charge in [-0.2, -0.15) is 0 Å². The molecule has 0 aromatic heterocycles. The first kappa shape index (κ1) is 15.1. The first-order valence-electron chi connectivity index (χ1n) is 5.85. The number of terminal acetylenes is 1. The standard InChI is InChI=1S/C15H17NO2S/c1-4-6-7-8-13-16(5-2)19(17,18)15-11-9-14(3)10-12-15/h2,4,6-7,9-12H,1,8,13H2,3H3/b7-6-. The summed E-state index contributed by atoms with van der Waals surface area (Å²) in [5, 5.41) is 0. The first-order chi connectivity index (χ1) is 9.02. The molecule has 0 saturated carbocycles. The Morgan fingerprint density at radius 1 is 1.37 bits per heavy atom. The van der Waals surface area contributed by atoms with Crippen molar-refractivity contribution < 1.29 is 8.42 Å². The fourth-order valence-corrected chi connectivity index (χ4v) is 2.69. The van der Waals surface area contributed by atoms with E-state index in [1.165, 1.54) is 0 Å². The van der Waals surface area contributed by atoms with Gasteiger partial charge in [-0.25, -0.2) is 12.7 Å². The van der Waals surface area contributed by atoms with Crippen molar-refractivity contribution >= 4 is 10.0 Å². The maximum absolute atomic E-state index is 12.3. The Hall–Kier alpha value is -1.99. The average molecular weight is 275 g/mol. The Kier molecular flexibility index (Phi) is 5.40. The lowest BCUT2D eigenvalue weighted by molar-refractivity contribution is 0.514. The van der Waals surface area contributed by atoms with E-state index in [1.54, 1.807) is 36.4 Å². The third kappa shape index (κ3) is 4.01. The monoisotopic (exact) mass is 275 g/mol. The van der Waals surface area contributed by atoms with Crippen LogP contribution in [0.1, 0.15) is 12.0 Å². The van der Waals surface area contributed by atoms with Gasteiger partial charge in [0.2, 0.25) is 0 Å². The van der Waals surface area contributed by atoms with Crippen LogP contribution in [-0.4, -0.2) is 19.3 Å². The third-order valence-corrected chi connectivity index (χ3v) is 4.26. The van der Waals surface area contributed by atoms with Crippen molar-refractivity contribution in [3.63, 3.8) is 0 Å². The second-order valence-electron chi connectivity index (χ2n) is 3.97. The molecule has 3 nitrogen and oxygen atoms in total. The fourth-order valence-electron chi connectivity index (χ4n) is 1.48. The molecule has 0 N–H and O–H groups in total. The second kappa shape index (κ2) is 6.81. The average Bonchev–Trinajstić information content (AvgIpc) is 2.39. The smallest absolute Gasteiger partial charge is 0.224 e. The Balaban J connectivity index is 2.90. The minimum Gasteiger partial charge on any atom is -0.224 e. The largest absolute Gasteiger partial charge is 0.270 e. The first-order valence-corrected chi connectivity index (χ1v) is 7.29. The summed E-state index contributed by atoms with van der Waals surface area (Å²) in [6.45, 7) is 5.69. The molecule has 0 unspecified atom stereocenters. The van der Waals surface area contributed by atoms with Crippen molar-refractivity contribution in [3.05, 3.63) is 54.6 Å². The summed E-state index contributed by atoms with van der Waals surface area (Å²) in [6, 6.07) is 8.84. The lowest BCUT2D eigenvalue weighted by atomic mass is 10.2. The zero-order chi connectivity index (χ0) is 14.3. The van der Waals surface area contributed by atoms with Crippen LogP contribution in [0.25, 0.3) is 0 Å². The molecule has 0 heterocycles. The molecule has 0 atom stereocenters. The molecule has 0 spiro atoms. The molecule has 0 saturated heterocycles. The van der Waals surface area contributed by atoms with Crippen molar-refractivity contribution in [2.45, 2.75) is 18.2 Å². The normalized spacial score (nSPS) is 11.2. The number of sulfonamides is 1. The van der Waals surface area contributed by atoms with E-state index in [-0.39, 0.29) is 11.4 Å². The summed E-state index contributed by atoms with van der Waals surface area (Å²) in [5.74, 6) is 0. The summed E-state index contributed by atoms with van der Waals surface area (Å²) >= 11 is 0. The molecular formula is C15H17NO2S. The summed E-state index contributed by atoms with van der Waals surface area (Å²) in [4.78, 5) is 0.212. The van der Waals surface area contributed by atoms with E-state index >= 15 is 0 Å². The highest BCUT2D eigenvalue weighted by Crippen LogP contribution is 2.16. The van der Waals surface area contributed by atoms with Crippen molar-refractivity contribution in [2.24, 2.45) is 0 Å². The molecule has 0 fully saturated rings. The van der Waals surface area contributed by atoms with Crippen LogP contribution >= 0.6 is 0 Å². The molecule has 0 aliphatic heterocycles. The number of aryl methyl sites for hydroxylation is 1. The van der Waals surface area contributed by atoms with Gasteiger partial charge in [0, 0.05) is 12.6 Å². The number of benzene rings is 1. The van der Waals surface area contributed by atoms with E-state index in [1.807, 2.05) is 13.0 Å². The van der Waals surface area contributed by atoms with Crippen molar-refractivity contribution in [1.29, 1.82) is 0 Å². The van der Waals surface area contributed by atoms with Crippen LogP contribution in [0.2, 0.25) is 0 Å². The number of allylic oxidation sites excluding steroid dienone is 2. The van der Waals surface area contributed by atoms with E-state index in [2.05, 4.69) is 12.6 Å². The van der Waals surface area contributed by atoms with Crippen LogP contribution in [-0.2, 0) is 10.0 Å². The summed E-state index contributed by atoms with van der Waals surface area (Å²) in [6.07, 6.45) is 11.0. The molecule has 0 amide bonds.